The first-order valence-electron chi connectivity index (χ1n) is 9.33. The summed E-state index contributed by atoms with van der Waals surface area (Å²) >= 11 is 0. The minimum Gasteiger partial charge on any atom is -0.452 e. The third-order valence-electron chi connectivity index (χ3n) is 4.50. The van der Waals surface area contributed by atoms with Crippen LogP contribution in [0, 0.1) is 11.6 Å². The summed E-state index contributed by atoms with van der Waals surface area (Å²) in [5.74, 6) is -3.22. The van der Waals surface area contributed by atoms with E-state index in [9.17, 15) is 26.8 Å². The van der Waals surface area contributed by atoms with Gasteiger partial charge in [0.15, 0.2) is 6.61 Å². The molecule has 0 atom stereocenters. The van der Waals surface area contributed by atoms with Crippen LogP contribution in [0.4, 0.5) is 8.78 Å². The van der Waals surface area contributed by atoms with Crippen molar-refractivity contribution in [2.75, 3.05) is 32.9 Å². The number of amides is 1. The molecule has 1 N–H and O–H groups in total. The Hall–Kier alpha value is -2.89. The quantitative estimate of drug-likeness (QED) is 0.636. The van der Waals surface area contributed by atoms with Crippen LogP contribution in [0.5, 0.6) is 0 Å². The molecule has 0 spiro atoms. The zero-order valence-corrected chi connectivity index (χ0v) is 17.2. The van der Waals surface area contributed by atoms with Crippen molar-refractivity contribution in [1.82, 2.24) is 9.62 Å². The molecule has 1 saturated heterocycles. The highest BCUT2D eigenvalue weighted by Crippen LogP contribution is 2.21. The molecule has 1 aliphatic rings. The van der Waals surface area contributed by atoms with Crippen molar-refractivity contribution in [3.63, 3.8) is 0 Å². The summed E-state index contributed by atoms with van der Waals surface area (Å²) in [6.07, 6.45) is 0. The zero-order valence-electron chi connectivity index (χ0n) is 16.3. The average molecular weight is 454 g/mol. The predicted octanol–water partition coefficient (Wildman–Crippen LogP) is 1.46. The van der Waals surface area contributed by atoms with Gasteiger partial charge in [-0.25, -0.2) is 22.0 Å². The molecule has 0 bridgehead atoms. The van der Waals surface area contributed by atoms with E-state index in [-0.39, 0.29) is 37.7 Å². The van der Waals surface area contributed by atoms with Crippen molar-refractivity contribution in [3.05, 3.63) is 65.2 Å². The van der Waals surface area contributed by atoms with Gasteiger partial charge in [-0.1, -0.05) is 12.1 Å². The zero-order chi connectivity index (χ0) is 22.4. The second kappa shape index (κ2) is 9.94. The van der Waals surface area contributed by atoms with E-state index in [2.05, 4.69) is 5.32 Å². The lowest BCUT2D eigenvalue weighted by molar-refractivity contribution is -0.124. The van der Waals surface area contributed by atoms with E-state index in [1.54, 1.807) is 0 Å². The maximum atomic E-state index is 14.1. The number of hydrogen-bond donors (Lipinski definition) is 1. The van der Waals surface area contributed by atoms with Crippen molar-refractivity contribution in [2.24, 2.45) is 0 Å². The van der Waals surface area contributed by atoms with Gasteiger partial charge in [0.25, 0.3) is 5.91 Å². The Kier molecular flexibility index (Phi) is 7.31. The van der Waals surface area contributed by atoms with Crippen molar-refractivity contribution < 1.29 is 36.3 Å². The molecule has 1 heterocycles. The van der Waals surface area contributed by atoms with Crippen LogP contribution in [-0.2, 0) is 30.8 Å². The van der Waals surface area contributed by atoms with Crippen LogP contribution >= 0.6 is 0 Å². The molecule has 0 aromatic heterocycles. The van der Waals surface area contributed by atoms with Gasteiger partial charge in [-0.3, -0.25) is 4.79 Å². The fourth-order valence-corrected chi connectivity index (χ4v) is 4.25. The van der Waals surface area contributed by atoms with E-state index in [0.717, 1.165) is 18.2 Å². The lowest BCUT2D eigenvalue weighted by Gasteiger charge is -2.26. The first-order valence-corrected chi connectivity index (χ1v) is 10.8. The molecule has 1 amide bonds. The van der Waals surface area contributed by atoms with Gasteiger partial charge in [0.2, 0.25) is 10.0 Å². The third-order valence-corrected chi connectivity index (χ3v) is 6.40. The molecule has 0 unspecified atom stereocenters. The summed E-state index contributed by atoms with van der Waals surface area (Å²) in [6, 6.07) is 8.25. The normalized spacial score (nSPS) is 14.8. The number of esters is 1. The number of carbonyl (C=O) groups is 2. The Morgan fingerprint density at radius 1 is 1.06 bits per heavy atom. The lowest BCUT2D eigenvalue weighted by atomic mass is 10.2. The maximum Gasteiger partial charge on any atom is 0.341 e. The summed E-state index contributed by atoms with van der Waals surface area (Å²) in [4.78, 5) is 23.8. The number of ether oxygens (including phenoxy) is 2. The number of benzene rings is 2. The van der Waals surface area contributed by atoms with Crippen molar-refractivity contribution in [3.8, 4) is 0 Å². The molecule has 166 valence electrons. The largest absolute Gasteiger partial charge is 0.452 e. The van der Waals surface area contributed by atoms with Gasteiger partial charge in [0.1, 0.15) is 11.6 Å². The topological polar surface area (TPSA) is 102 Å². The number of morpholine rings is 1. The first-order chi connectivity index (χ1) is 14.8. The number of carbonyl (C=O) groups excluding carboxylic acids is 2. The summed E-state index contributed by atoms with van der Waals surface area (Å²) in [7, 11) is -3.94. The number of nitrogens with zero attached hydrogens (tertiary/aromatic N) is 1. The minimum absolute atomic E-state index is 0.0816. The monoisotopic (exact) mass is 454 g/mol. The van der Waals surface area contributed by atoms with E-state index in [0.29, 0.717) is 5.56 Å². The van der Waals surface area contributed by atoms with Gasteiger partial charge >= 0.3 is 5.97 Å². The third kappa shape index (κ3) is 5.84. The molecule has 0 radical (unpaired) electrons. The molecule has 8 nitrogen and oxygen atoms in total. The Labute approximate surface area is 177 Å². The van der Waals surface area contributed by atoms with Crippen molar-refractivity contribution in [2.45, 2.75) is 11.4 Å². The van der Waals surface area contributed by atoms with E-state index < -0.39 is 45.7 Å². The van der Waals surface area contributed by atoms with Crippen LogP contribution in [0.2, 0.25) is 0 Å². The van der Waals surface area contributed by atoms with E-state index >= 15 is 0 Å². The van der Waals surface area contributed by atoms with Gasteiger partial charge in [0.05, 0.1) is 23.7 Å². The molecule has 2 aromatic carbocycles. The molecule has 0 saturated carbocycles. The Morgan fingerprint density at radius 2 is 1.74 bits per heavy atom. The molecule has 2 aromatic rings. The second-order valence-electron chi connectivity index (χ2n) is 6.64. The smallest absolute Gasteiger partial charge is 0.341 e. The van der Waals surface area contributed by atoms with E-state index in [1.807, 2.05) is 0 Å². The van der Waals surface area contributed by atoms with Gasteiger partial charge in [-0.05, 0) is 35.9 Å². The fourth-order valence-electron chi connectivity index (χ4n) is 2.82. The van der Waals surface area contributed by atoms with Crippen LogP contribution in [-0.4, -0.2) is 57.5 Å². The SMILES string of the molecule is O=C(COC(=O)c1cc(S(=O)(=O)N2CCOCC2)ccc1F)NCc1ccc(F)cc1. The van der Waals surface area contributed by atoms with Gasteiger partial charge in [-0.15, -0.1) is 0 Å². The predicted molar refractivity (Wildman–Crippen MR) is 105 cm³/mol. The van der Waals surface area contributed by atoms with Crippen LogP contribution < -0.4 is 5.32 Å². The van der Waals surface area contributed by atoms with Crippen LogP contribution in [0.15, 0.2) is 47.4 Å². The van der Waals surface area contributed by atoms with Crippen LogP contribution in [0.3, 0.4) is 0 Å². The summed E-state index contributed by atoms with van der Waals surface area (Å²) in [6.45, 7) is 0.157. The van der Waals surface area contributed by atoms with Crippen LogP contribution in [0.1, 0.15) is 15.9 Å². The molecular formula is C20H20F2N2O6S. The summed E-state index contributed by atoms with van der Waals surface area (Å²) < 4.78 is 63.5. The molecular weight excluding hydrogens is 434 g/mol. The van der Waals surface area contributed by atoms with Gasteiger partial charge < -0.3 is 14.8 Å². The minimum atomic E-state index is -3.94. The number of nitrogens with one attached hydrogen (secondary N) is 1. The fraction of sp³-hybridized carbons (Fsp3) is 0.300. The molecule has 3 rings (SSSR count). The van der Waals surface area contributed by atoms with E-state index in [1.165, 1.54) is 28.6 Å². The molecule has 31 heavy (non-hydrogen) atoms. The molecule has 1 fully saturated rings. The van der Waals surface area contributed by atoms with E-state index in [4.69, 9.17) is 9.47 Å². The van der Waals surface area contributed by atoms with Crippen LogP contribution in [0.25, 0.3) is 0 Å². The first kappa shape index (κ1) is 22.8. The highest BCUT2D eigenvalue weighted by molar-refractivity contribution is 7.89. The standard InChI is InChI=1S/C20H20F2N2O6S/c21-15-3-1-14(2-4-15)12-23-19(25)13-30-20(26)17-11-16(5-6-18(17)22)31(27,28)24-7-9-29-10-8-24/h1-6,11H,7-10,12-13H2,(H,23,25). The highest BCUT2D eigenvalue weighted by Gasteiger charge is 2.28. The van der Waals surface area contributed by atoms with Gasteiger partial charge in [-0.2, -0.15) is 4.31 Å². The Bertz CT molecular complexity index is 1050. The highest BCUT2D eigenvalue weighted by atomic mass is 32.2. The Morgan fingerprint density at radius 3 is 2.42 bits per heavy atom. The Balaban J connectivity index is 1.61. The maximum absolute atomic E-state index is 14.1. The molecule has 0 aliphatic carbocycles. The molecule has 1 aliphatic heterocycles. The number of rotatable bonds is 7. The second-order valence-corrected chi connectivity index (χ2v) is 8.58. The summed E-state index contributed by atoms with van der Waals surface area (Å²) in [5, 5.41) is 2.47. The summed E-state index contributed by atoms with van der Waals surface area (Å²) in [5.41, 5.74) is 0.0359. The number of hydrogen-bond acceptors (Lipinski definition) is 6. The lowest BCUT2D eigenvalue weighted by Crippen LogP contribution is -2.40. The molecule has 11 heteroatoms. The van der Waals surface area contributed by atoms with Gasteiger partial charge in [0, 0.05) is 19.6 Å². The van der Waals surface area contributed by atoms with Crippen molar-refractivity contribution >= 4 is 21.9 Å². The average Bonchev–Trinajstić information content (AvgIpc) is 2.78. The number of sulfonamides is 1. The number of halogens is 2. The van der Waals surface area contributed by atoms with Crippen molar-refractivity contribution in [1.29, 1.82) is 0 Å².